The van der Waals surface area contributed by atoms with Crippen LogP contribution in [0.5, 0.6) is 5.75 Å². The molecule has 0 aromatic heterocycles. The third-order valence-electron chi connectivity index (χ3n) is 5.77. The fourth-order valence-corrected chi connectivity index (χ4v) is 4.24. The maximum absolute atomic E-state index is 6.03. The third-order valence-corrected chi connectivity index (χ3v) is 6.02. The molecular weight excluding hydrogens is 394 g/mol. The average Bonchev–Trinajstić information content (AvgIpc) is 3.28. The normalized spacial score (nSPS) is 17.6. The molecule has 0 unspecified atom stereocenters. The van der Waals surface area contributed by atoms with Gasteiger partial charge in [0, 0.05) is 31.9 Å². The minimum atomic E-state index is 0.379. The SMILES string of the molecule is S=C(NCc1ccccc1CN1CCOCC1)Nc1ccc(OC2CCCC2)cc1. The van der Waals surface area contributed by atoms with Gasteiger partial charge in [0.15, 0.2) is 5.11 Å². The van der Waals surface area contributed by atoms with Gasteiger partial charge in [-0.15, -0.1) is 0 Å². The van der Waals surface area contributed by atoms with Crippen LogP contribution in [0.25, 0.3) is 0 Å². The van der Waals surface area contributed by atoms with Crippen molar-refractivity contribution in [2.75, 3.05) is 31.6 Å². The molecule has 2 fully saturated rings. The van der Waals surface area contributed by atoms with Crippen LogP contribution < -0.4 is 15.4 Å². The van der Waals surface area contributed by atoms with Gasteiger partial charge in [-0.2, -0.15) is 0 Å². The molecule has 0 atom stereocenters. The summed E-state index contributed by atoms with van der Waals surface area (Å²) in [4.78, 5) is 2.44. The van der Waals surface area contributed by atoms with E-state index in [1.165, 1.54) is 36.8 Å². The van der Waals surface area contributed by atoms with E-state index in [1.54, 1.807) is 0 Å². The number of hydrogen-bond acceptors (Lipinski definition) is 4. The molecule has 6 heteroatoms. The molecule has 1 saturated heterocycles. The molecule has 0 bridgehead atoms. The quantitative estimate of drug-likeness (QED) is 0.644. The lowest BCUT2D eigenvalue weighted by atomic mass is 10.1. The Labute approximate surface area is 184 Å². The lowest BCUT2D eigenvalue weighted by Crippen LogP contribution is -2.36. The minimum Gasteiger partial charge on any atom is -0.490 e. The molecule has 4 rings (SSSR count). The van der Waals surface area contributed by atoms with Gasteiger partial charge in [-0.05, 0) is 73.3 Å². The van der Waals surface area contributed by atoms with E-state index < -0.39 is 0 Å². The maximum atomic E-state index is 6.03. The number of benzene rings is 2. The van der Waals surface area contributed by atoms with Crippen LogP contribution in [0.3, 0.4) is 0 Å². The summed E-state index contributed by atoms with van der Waals surface area (Å²) < 4.78 is 11.5. The van der Waals surface area contributed by atoms with Gasteiger partial charge < -0.3 is 20.1 Å². The first kappa shape index (κ1) is 21.1. The van der Waals surface area contributed by atoms with Crippen LogP contribution in [-0.2, 0) is 17.8 Å². The van der Waals surface area contributed by atoms with Crippen molar-refractivity contribution in [2.45, 2.75) is 44.9 Å². The lowest BCUT2D eigenvalue weighted by molar-refractivity contribution is 0.0341. The maximum Gasteiger partial charge on any atom is 0.171 e. The number of thiocarbonyl (C=S) groups is 1. The fraction of sp³-hybridized carbons (Fsp3) is 0.458. The number of nitrogens with zero attached hydrogens (tertiary/aromatic N) is 1. The minimum absolute atomic E-state index is 0.379. The molecule has 2 N–H and O–H groups in total. The summed E-state index contributed by atoms with van der Waals surface area (Å²) >= 11 is 5.51. The Morgan fingerprint density at radius 3 is 2.43 bits per heavy atom. The van der Waals surface area contributed by atoms with Crippen molar-refractivity contribution in [3.63, 3.8) is 0 Å². The van der Waals surface area contributed by atoms with E-state index in [0.29, 0.717) is 17.8 Å². The van der Waals surface area contributed by atoms with E-state index in [0.717, 1.165) is 44.3 Å². The average molecular weight is 426 g/mol. The highest BCUT2D eigenvalue weighted by molar-refractivity contribution is 7.80. The van der Waals surface area contributed by atoms with Crippen LogP contribution in [0.1, 0.15) is 36.8 Å². The van der Waals surface area contributed by atoms with E-state index in [-0.39, 0.29) is 0 Å². The highest BCUT2D eigenvalue weighted by atomic mass is 32.1. The third kappa shape index (κ3) is 6.17. The monoisotopic (exact) mass is 425 g/mol. The largest absolute Gasteiger partial charge is 0.490 e. The second-order valence-corrected chi connectivity index (χ2v) is 8.42. The lowest BCUT2D eigenvalue weighted by Gasteiger charge is -2.27. The van der Waals surface area contributed by atoms with E-state index in [1.807, 2.05) is 24.3 Å². The fourth-order valence-electron chi connectivity index (χ4n) is 4.05. The van der Waals surface area contributed by atoms with Gasteiger partial charge in [-0.3, -0.25) is 4.90 Å². The molecule has 1 heterocycles. The van der Waals surface area contributed by atoms with E-state index in [4.69, 9.17) is 21.7 Å². The number of morpholine rings is 1. The Morgan fingerprint density at radius 2 is 1.70 bits per heavy atom. The molecule has 1 saturated carbocycles. The van der Waals surface area contributed by atoms with Gasteiger partial charge in [0.2, 0.25) is 0 Å². The van der Waals surface area contributed by atoms with Crippen LogP contribution >= 0.6 is 12.2 Å². The Kier molecular flexibility index (Phi) is 7.56. The van der Waals surface area contributed by atoms with Crippen molar-refractivity contribution in [3.05, 3.63) is 59.7 Å². The van der Waals surface area contributed by atoms with E-state index in [9.17, 15) is 0 Å². The van der Waals surface area contributed by atoms with Crippen LogP contribution in [-0.4, -0.2) is 42.4 Å². The van der Waals surface area contributed by atoms with Crippen LogP contribution in [0, 0.1) is 0 Å². The van der Waals surface area contributed by atoms with Crippen molar-refractivity contribution in [1.82, 2.24) is 10.2 Å². The molecule has 2 aromatic rings. The summed E-state index contributed by atoms with van der Waals surface area (Å²) in [7, 11) is 0. The van der Waals surface area contributed by atoms with Crippen molar-refractivity contribution in [3.8, 4) is 5.75 Å². The summed E-state index contributed by atoms with van der Waals surface area (Å²) in [6.07, 6.45) is 5.27. The number of anilines is 1. The van der Waals surface area contributed by atoms with Crippen molar-refractivity contribution in [1.29, 1.82) is 0 Å². The van der Waals surface area contributed by atoms with Gasteiger partial charge in [-0.25, -0.2) is 0 Å². The summed E-state index contributed by atoms with van der Waals surface area (Å²) in [5.74, 6) is 0.934. The molecule has 1 aliphatic heterocycles. The van der Waals surface area contributed by atoms with E-state index >= 15 is 0 Å². The van der Waals surface area contributed by atoms with Gasteiger partial charge in [0.05, 0.1) is 19.3 Å². The molecule has 0 spiro atoms. The number of hydrogen-bond donors (Lipinski definition) is 2. The topological polar surface area (TPSA) is 45.8 Å². The first-order valence-electron chi connectivity index (χ1n) is 10.9. The molecule has 0 radical (unpaired) electrons. The predicted octanol–water partition coefficient (Wildman–Crippen LogP) is 4.33. The molecule has 0 amide bonds. The molecule has 2 aromatic carbocycles. The summed E-state index contributed by atoms with van der Waals surface area (Å²) in [6, 6.07) is 16.6. The number of ether oxygens (including phenoxy) is 2. The Balaban J connectivity index is 1.26. The van der Waals surface area contributed by atoms with Gasteiger partial charge >= 0.3 is 0 Å². The summed E-state index contributed by atoms with van der Waals surface area (Å²) in [6.45, 7) is 5.27. The zero-order valence-corrected chi connectivity index (χ0v) is 18.3. The van der Waals surface area contributed by atoms with Gasteiger partial charge in [-0.1, -0.05) is 24.3 Å². The highest BCUT2D eigenvalue weighted by Gasteiger charge is 2.16. The molecular formula is C24H31N3O2S. The number of nitrogens with one attached hydrogen (secondary N) is 2. The first-order valence-corrected chi connectivity index (χ1v) is 11.4. The Bertz CT molecular complexity index is 815. The van der Waals surface area contributed by atoms with E-state index in [2.05, 4.69) is 39.8 Å². The predicted molar refractivity (Wildman–Crippen MR) is 125 cm³/mol. The van der Waals surface area contributed by atoms with Crippen molar-refractivity contribution >= 4 is 23.0 Å². The van der Waals surface area contributed by atoms with Gasteiger partial charge in [0.25, 0.3) is 0 Å². The smallest absolute Gasteiger partial charge is 0.171 e. The second kappa shape index (κ2) is 10.8. The zero-order chi connectivity index (χ0) is 20.6. The van der Waals surface area contributed by atoms with Crippen LogP contribution in [0.4, 0.5) is 5.69 Å². The summed E-state index contributed by atoms with van der Waals surface area (Å²) in [5, 5.41) is 7.24. The zero-order valence-electron chi connectivity index (χ0n) is 17.4. The number of rotatable bonds is 7. The standard InChI is InChI=1S/C24H31N3O2S/c30-24(26-21-9-11-23(12-10-21)29-22-7-3-4-8-22)25-17-19-5-1-2-6-20(19)18-27-13-15-28-16-14-27/h1-2,5-6,9-12,22H,3-4,7-8,13-18H2,(H2,25,26,30). The molecule has 2 aliphatic rings. The molecule has 30 heavy (non-hydrogen) atoms. The molecule has 1 aliphatic carbocycles. The van der Waals surface area contributed by atoms with Crippen LogP contribution in [0.2, 0.25) is 0 Å². The van der Waals surface area contributed by atoms with Gasteiger partial charge in [0.1, 0.15) is 5.75 Å². The van der Waals surface area contributed by atoms with Crippen molar-refractivity contribution in [2.24, 2.45) is 0 Å². The summed E-state index contributed by atoms with van der Waals surface area (Å²) in [5.41, 5.74) is 3.57. The van der Waals surface area contributed by atoms with Crippen LogP contribution in [0.15, 0.2) is 48.5 Å². The molecule has 5 nitrogen and oxygen atoms in total. The molecule has 160 valence electrons. The Hall–Kier alpha value is -2.15. The second-order valence-electron chi connectivity index (χ2n) is 8.01. The highest BCUT2D eigenvalue weighted by Crippen LogP contribution is 2.25. The first-order chi connectivity index (χ1) is 14.8. The Morgan fingerprint density at radius 1 is 1.00 bits per heavy atom. The van der Waals surface area contributed by atoms with Crippen molar-refractivity contribution < 1.29 is 9.47 Å².